The summed E-state index contributed by atoms with van der Waals surface area (Å²) in [6.45, 7) is 0.552. The van der Waals surface area contributed by atoms with E-state index in [0.29, 0.717) is 11.7 Å². The van der Waals surface area contributed by atoms with E-state index >= 15 is 0 Å². The molecule has 0 spiro atoms. The van der Waals surface area contributed by atoms with Crippen molar-refractivity contribution in [2.45, 2.75) is 6.04 Å². The largest absolute Gasteiger partial charge is 0.497 e. The van der Waals surface area contributed by atoms with Crippen molar-refractivity contribution >= 4 is 17.8 Å². The molecule has 0 N–H and O–H groups in total. The number of ether oxygens (including phenoxy) is 2. The second kappa shape index (κ2) is 7.95. The van der Waals surface area contributed by atoms with Gasteiger partial charge in [0.25, 0.3) is 0 Å². The number of halogens is 1. The molecule has 5 heteroatoms. The van der Waals surface area contributed by atoms with Gasteiger partial charge in [-0.2, -0.15) is 0 Å². The summed E-state index contributed by atoms with van der Waals surface area (Å²) in [7, 11) is 3.35. The lowest BCUT2D eigenvalue weighted by Gasteiger charge is -2.32. The van der Waals surface area contributed by atoms with Gasteiger partial charge in [-0.1, -0.05) is 41.9 Å². The third-order valence-corrected chi connectivity index (χ3v) is 5.25. The van der Waals surface area contributed by atoms with Gasteiger partial charge >= 0.3 is 0 Å². The standard InChI is InChI=1S/C23H21ClN2O2/c1-27-18-10-6-16(7-11-18)23(17-8-12-19(28-2)13-9-17)26-14-20-21(24)4-3-5-22(20)25-15-26/h3-14,23H,15H2,1-2H3. The summed E-state index contributed by atoms with van der Waals surface area (Å²) in [6, 6.07) is 22.1. The van der Waals surface area contributed by atoms with Crippen LogP contribution in [-0.4, -0.2) is 25.8 Å². The Balaban J connectivity index is 1.81. The van der Waals surface area contributed by atoms with Gasteiger partial charge in [0.05, 0.1) is 30.6 Å². The highest BCUT2D eigenvalue weighted by atomic mass is 35.5. The summed E-state index contributed by atoms with van der Waals surface area (Å²) in [5.41, 5.74) is 2.29. The van der Waals surface area contributed by atoms with Gasteiger partial charge in [-0.25, -0.2) is 0 Å². The van der Waals surface area contributed by atoms with Crippen LogP contribution in [0.4, 0.5) is 0 Å². The molecule has 1 heterocycles. The fourth-order valence-corrected chi connectivity index (χ4v) is 3.68. The smallest absolute Gasteiger partial charge is 0.118 e. The number of rotatable bonds is 5. The van der Waals surface area contributed by atoms with Crippen molar-refractivity contribution < 1.29 is 9.47 Å². The summed E-state index contributed by atoms with van der Waals surface area (Å²) in [5, 5.41) is 2.57. The maximum Gasteiger partial charge on any atom is 0.118 e. The van der Waals surface area contributed by atoms with Gasteiger partial charge in [0.2, 0.25) is 0 Å². The first kappa shape index (κ1) is 18.4. The molecule has 0 radical (unpaired) electrons. The lowest BCUT2D eigenvalue weighted by Crippen LogP contribution is -2.38. The van der Waals surface area contributed by atoms with Gasteiger partial charge in [-0.15, -0.1) is 0 Å². The molecule has 0 saturated heterocycles. The van der Waals surface area contributed by atoms with Crippen LogP contribution in [0.5, 0.6) is 11.5 Å². The van der Waals surface area contributed by atoms with Crippen LogP contribution < -0.4 is 20.0 Å². The topological polar surface area (TPSA) is 34.1 Å². The van der Waals surface area contributed by atoms with E-state index < -0.39 is 0 Å². The highest BCUT2D eigenvalue weighted by Crippen LogP contribution is 2.31. The second-order valence-corrected chi connectivity index (χ2v) is 6.97. The lowest BCUT2D eigenvalue weighted by molar-refractivity contribution is 0.350. The molecule has 3 aromatic carbocycles. The van der Waals surface area contributed by atoms with Crippen LogP contribution in [0.25, 0.3) is 6.20 Å². The van der Waals surface area contributed by atoms with Crippen LogP contribution in [0.2, 0.25) is 5.02 Å². The van der Waals surface area contributed by atoms with Crippen molar-refractivity contribution in [3.8, 4) is 11.5 Å². The zero-order valence-electron chi connectivity index (χ0n) is 15.8. The molecule has 0 saturated carbocycles. The third-order valence-electron chi connectivity index (χ3n) is 4.92. The third kappa shape index (κ3) is 3.56. The van der Waals surface area contributed by atoms with Gasteiger partial charge < -0.3 is 14.4 Å². The van der Waals surface area contributed by atoms with E-state index in [0.717, 1.165) is 33.2 Å². The zero-order valence-corrected chi connectivity index (χ0v) is 16.6. The summed E-state index contributed by atoms with van der Waals surface area (Å²) in [4.78, 5) is 6.94. The van der Waals surface area contributed by atoms with E-state index in [2.05, 4.69) is 35.4 Å². The molecule has 0 atom stereocenters. The van der Waals surface area contributed by atoms with Gasteiger partial charge in [-0.3, -0.25) is 4.99 Å². The van der Waals surface area contributed by atoms with Gasteiger partial charge in [0.1, 0.15) is 18.2 Å². The summed E-state index contributed by atoms with van der Waals surface area (Å²) < 4.78 is 10.6. The highest BCUT2D eigenvalue weighted by molar-refractivity contribution is 6.30. The molecule has 3 aromatic rings. The van der Waals surface area contributed by atoms with E-state index in [1.807, 2.05) is 42.5 Å². The van der Waals surface area contributed by atoms with Crippen LogP contribution in [0.1, 0.15) is 17.2 Å². The number of fused-ring (bicyclic) bond motifs is 1. The number of nitrogens with zero attached hydrogens (tertiary/aromatic N) is 2. The second-order valence-electron chi connectivity index (χ2n) is 6.56. The first-order valence-corrected chi connectivity index (χ1v) is 9.42. The Kier molecular flexibility index (Phi) is 5.22. The fraction of sp³-hybridized carbons (Fsp3) is 0.174. The average molecular weight is 393 g/mol. The van der Waals surface area contributed by atoms with Gasteiger partial charge in [0, 0.05) is 11.4 Å². The molecule has 0 unspecified atom stereocenters. The Morgan fingerprint density at radius 3 is 1.96 bits per heavy atom. The molecular weight excluding hydrogens is 372 g/mol. The lowest BCUT2D eigenvalue weighted by atomic mass is 9.97. The minimum absolute atomic E-state index is 0.00927. The predicted octanol–water partition coefficient (Wildman–Crippen LogP) is 3.78. The Hall–Kier alpha value is -2.98. The first-order valence-electron chi connectivity index (χ1n) is 9.04. The minimum atomic E-state index is -0.00927. The molecule has 142 valence electrons. The quantitative estimate of drug-likeness (QED) is 0.662. The number of hydrogen-bond acceptors (Lipinski definition) is 4. The van der Waals surface area contributed by atoms with Crippen LogP contribution in [0, 0.1) is 0 Å². The zero-order chi connectivity index (χ0) is 19.5. The Bertz CT molecular complexity index is 1030. The predicted molar refractivity (Wildman–Crippen MR) is 111 cm³/mol. The van der Waals surface area contributed by atoms with E-state index in [4.69, 9.17) is 26.1 Å². The average Bonchev–Trinajstić information content (AvgIpc) is 2.75. The van der Waals surface area contributed by atoms with E-state index in [-0.39, 0.29) is 6.04 Å². The van der Waals surface area contributed by atoms with Crippen molar-refractivity contribution in [1.82, 2.24) is 4.90 Å². The van der Waals surface area contributed by atoms with Crippen molar-refractivity contribution in [1.29, 1.82) is 0 Å². The van der Waals surface area contributed by atoms with E-state index in [9.17, 15) is 0 Å². The molecule has 0 bridgehead atoms. The van der Waals surface area contributed by atoms with Crippen molar-refractivity contribution in [3.05, 3.63) is 93.5 Å². The number of methoxy groups -OCH3 is 2. The minimum Gasteiger partial charge on any atom is -0.497 e. The Morgan fingerprint density at radius 1 is 0.857 bits per heavy atom. The molecule has 0 aliphatic carbocycles. The molecule has 28 heavy (non-hydrogen) atoms. The molecule has 0 amide bonds. The number of benzene rings is 3. The molecule has 1 aliphatic rings. The maximum absolute atomic E-state index is 6.43. The molecule has 1 aliphatic heterocycles. The Labute approximate surface area is 169 Å². The summed E-state index contributed by atoms with van der Waals surface area (Å²) >= 11 is 6.43. The van der Waals surface area contributed by atoms with Crippen molar-refractivity contribution in [2.24, 2.45) is 4.99 Å². The van der Waals surface area contributed by atoms with Crippen molar-refractivity contribution in [3.63, 3.8) is 0 Å². The molecule has 4 nitrogen and oxygen atoms in total. The van der Waals surface area contributed by atoms with Crippen LogP contribution in [0.3, 0.4) is 0 Å². The van der Waals surface area contributed by atoms with Crippen molar-refractivity contribution in [2.75, 3.05) is 20.9 Å². The summed E-state index contributed by atoms with van der Waals surface area (Å²) in [5.74, 6) is 1.66. The normalized spacial score (nSPS) is 12.8. The molecule has 0 aromatic heterocycles. The molecular formula is C23H21ClN2O2. The van der Waals surface area contributed by atoms with Crippen LogP contribution in [-0.2, 0) is 0 Å². The first-order chi connectivity index (χ1) is 13.7. The monoisotopic (exact) mass is 392 g/mol. The fourth-order valence-electron chi connectivity index (χ4n) is 3.46. The van der Waals surface area contributed by atoms with Crippen LogP contribution >= 0.6 is 11.6 Å². The van der Waals surface area contributed by atoms with Gasteiger partial charge in [-0.05, 0) is 47.5 Å². The van der Waals surface area contributed by atoms with Gasteiger partial charge in [0.15, 0.2) is 0 Å². The SMILES string of the molecule is COc1ccc(C(c2ccc(OC)cc2)N2C=c3c(Cl)cccc3=NC2)cc1. The molecule has 0 fully saturated rings. The van der Waals surface area contributed by atoms with E-state index in [1.165, 1.54) is 0 Å². The van der Waals surface area contributed by atoms with E-state index in [1.54, 1.807) is 14.2 Å². The summed E-state index contributed by atoms with van der Waals surface area (Å²) in [6.07, 6.45) is 2.10. The Morgan fingerprint density at radius 2 is 1.43 bits per heavy atom. The van der Waals surface area contributed by atoms with Crippen LogP contribution in [0.15, 0.2) is 71.7 Å². The molecule has 4 rings (SSSR count). The number of hydrogen-bond donors (Lipinski definition) is 0. The maximum atomic E-state index is 6.43. The highest BCUT2D eigenvalue weighted by Gasteiger charge is 2.22.